The number of aromatic hydroxyl groups is 1. The lowest BCUT2D eigenvalue weighted by Gasteiger charge is -2.01. The summed E-state index contributed by atoms with van der Waals surface area (Å²) in [5.74, 6) is -0.995. The van der Waals surface area contributed by atoms with Gasteiger partial charge in [0.05, 0.1) is 4.92 Å². The molecule has 0 unspecified atom stereocenters. The van der Waals surface area contributed by atoms with Crippen LogP contribution < -0.4 is 5.32 Å². The molecule has 0 aliphatic heterocycles. The topological polar surface area (TPSA) is 106 Å². The number of anilines is 1. The largest absolute Gasteiger partial charge is 0.502 e. The van der Waals surface area contributed by atoms with Crippen molar-refractivity contribution in [2.75, 3.05) is 5.32 Å². The number of nitrogens with one attached hydrogen (secondary N) is 1. The molecule has 2 N–H and O–H groups in total. The van der Waals surface area contributed by atoms with E-state index in [0.717, 1.165) is 12.1 Å². The highest BCUT2D eigenvalue weighted by molar-refractivity contribution is 6.04. The van der Waals surface area contributed by atoms with Gasteiger partial charge in [0.1, 0.15) is 5.58 Å². The Morgan fingerprint density at radius 2 is 1.91 bits per heavy atom. The molecule has 0 saturated heterocycles. The Bertz CT molecular complexity index is 870. The number of rotatable bonds is 3. The van der Waals surface area contributed by atoms with Gasteiger partial charge in [-0.2, -0.15) is 0 Å². The highest BCUT2D eigenvalue weighted by Crippen LogP contribution is 2.32. The molecule has 1 aromatic heterocycles. The predicted octanol–water partition coefficient (Wildman–Crippen LogP) is 3.30. The Balaban J connectivity index is 1.95. The fourth-order valence-corrected chi connectivity index (χ4v) is 2.04. The van der Waals surface area contributed by atoms with Crippen molar-refractivity contribution >= 4 is 28.3 Å². The first-order chi connectivity index (χ1) is 10.5. The molecule has 0 bridgehead atoms. The van der Waals surface area contributed by atoms with Gasteiger partial charge in [-0.3, -0.25) is 14.9 Å². The number of furan rings is 1. The SMILES string of the molecule is O=C(Nc1ccccc1)c1cc2cc([N+](=O)[O-])c(O)cc2o1. The maximum Gasteiger partial charge on any atom is 0.311 e. The molecule has 1 amide bonds. The summed E-state index contributed by atoms with van der Waals surface area (Å²) < 4.78 is 5.32. The number of hydrogen-bond acceptors (Lipinski definition) is 5. The summed E-state index contributed by atoms with van der Waals surface area (Å²) in [4.78, 5) is 22.2. The maximum absolute atomic E-state index is 12.1. The molecule has 22 heavy (non-hydrogen) atoms. The minimum Gasteiger partial charge on any atom is -0.502 e. The predicted molar refractivity (Wildman–Crippen MR) is 78.9 cm³/mol. The number of para-hydroxylation sites is 1. The van der Waals surface area contributed by atoms with Gasteiger partial charge in [0.2, 0.25) is 0 Å². The lowest BCUT2D eigenvalue weighted by atomic mass is 10.2. The lowest BCUT2D eigenvalue weighted by molar-refractivity contribution is -0.385. The zero-order valence-electron chi connectivity index (χ0n) is 11.1. The normalized spacial score (nSPS) is 10.5. The van der Waals surface area contributed by atoms with E-state index in [0.29, 0.717) is 11.1 Å². The fourth-order valence-electron chi connectivity index (χ4n) is 2.04. The van der Waals surface area contributed by atoms with Crippen LogP contribution in [0.1, 0.15) is 10.6 Å². The second-order valence-corrected chi connectivity index (χ2v) is 4.57. The van der Waals surface area contributed by atoms with E-state index in [1.807, 2.05) is 6.07 Å². The first-order valence-electron chi connectivity index (χ1n) is 6.32. The average Bonchev–Trinajstić information content (AvgIpc) is 2.90. The molecule has 0 atom stereocenters. The smallest absolute Gasteiger partial charge is 0.311 e. The van der Waals surface area contributed by atoms with Gasteiger partial charge >= 0.3 is 5.69 Å². The van der Waals surface area contributed by atoms with E-state index >= 15 is 0 Å². The standard InChI is InChI=1S/C15H10N2O5/c18-12-8-13-9(6-11(12)17(20)21)7-14(22-13)15(19)16-10-4-2-1-3-5-10/h1-8,18H,(H,16,19). The third kappa shape index (κ3) is 2.47. The van der Waals surface area contributed by atoms with Crippen molar-refractivity contribution in [1.29, 1.82) is 0 Å². The molecule has 3 aromatic rings. The van der Waals surface area contributed by atoms with E-state index in [-0.39, 0.29) is 11.3 Å². The number of nitro groups is 1. The van der Waals surface area contributed by atoms with Gasteiger partial charge in [-0.05, 0) is 18.2 Å². The molecule has 2 aromatic carbocycles. The van der Waals surface area contributed by atoms with Gasteiger partial charge in [-0.15, -0.1) is 0 Å². The molecule has 0 saturated carbocycles. The first-order valence-corrected chi connectivity index (χ1v) is 6.32. The van der Waals surface area contributed by atoms with Crippen molar-refractivity contribution in [1.82, 2.24) is 0 Å². The average molecular weight is 298 g/mol. The lowest BCUT2D eigenvalue weighted by Crippen LogP contribution is -2.10. The Kier molecular flexibility index (Phi) is 3.23. The number of carbonyl (C=O) groups is 1. The number of nitro benzene ring substituents is 1. The summed E-state index contributed by atoms with van der Waals surface area (Å²) in [6, 6.07) is 12.5. The zero-order valence-corrected chi connectivity index (χ0v) is 11.1. The van der Waals surface area contributed by atoms with Crippen molar-refractivity contribution < 1.29 is 19.2 Å². The molecule has 0 spiro atoms. The quantitative estimate of drug-likeness (QED) is 0.570. The van der Waals surface area contributed by atoms with E-state index in [2.05, 4.69) is 5.32 Å². The third-order valence-corrected chi connectivity index (χ3v) is 3.07. The number of carbonyl (C=O) groups excluding carboxylic acids is 1. The molecule has 0 fully saturated rings. The number of nitrogens with zero attached hydrogens (tertiary/aromatic N) is 1. The Morgan fingerprint density at radius 3 is 2.59 bits per heavy atom. The van der Waals surface area contributed by atoms with Crippen LogP contribution in [0.15, 0.2) is 52.9 Å². The van der Waals surface area contributed by atoms with E-state index < -0.39 is 22.3 Å². The fraction of sp³-hybridized carbons (Fsp3) is 0. The van der Waals surface area contributed by atoms with E-state index in [1.165, 1.54) is 6.07 Å². The Morgan fingerprint density at radius 1 is 1.18 bits per heavy atom. The number of hydrogen-bond donors (Lipinski definition) is 2. The first kappa shape index (κ1) is 13.6. The second kappa shape index (κ2) is 5.21. The monoisotopic (exact) mass is 298 g/mol. The number of benzene rings is 2. The van der Waals surface area contributed by atoms with Crippen molar-refractivity contribution in [3.8, 4) is 5.75 Å². The van der Waals surface area contributed by atoms with Crippen LogP contribution in [0.25, 0.3) is 11.0 Å². The van der Waals surface area contributed by atoms with Crippen molar-refractivity contribution in [2.24, 2.45) is 0 Å². The summed E-state index contributed by atoms with van der Waals surface area (Å²) in [6.07, 6.45) is 0. The summed E-state index contributed by atoms with van der Waals surface area (Å²) >= 11 is 0. The Hall–Kier alpha value is -3.35. The third-order valence-electron chi connectivity index (χ3n) is 3.07. The Labute approximate surface area is 123 Å². The van der Waals surface area contributed by atoms with Gasteiger partial charge < -0.3 is 14.8 Å². The van der Waals surface area contributed by atoms with Crippen LogP contribution in [0, 0.1) is 10.1 Å². The molecule has 1 heterocycles. The molecule has 7 nitrogen and oxygen atoms in total. The highest BCUT2D eigenvalue weighted by atomic mass is 16.6. The second-order valence-electron chi connectivity index (χ2n) is 4.57. The summed E-state index contributed by atoms with van der Waals surface area (Å²) in [7, 11) is 0. The van der Waals surface area contributed by atoms with E-state index in [9.17, 15) is 20.0 Å². The van der Waals surface area contributed by atoms with Gasteiger partial charge in [0.15, 0.2) is 11.5 Å². The van der Waals surface area contributed by atoms with Gasteiger partial charge in [-0.25, -0.2) is 0 Å². The van der Waals surface area contributed by atoms with Crippen LogP contribution in [-0.4, -0.2) is 15.9 Å². The molecule has 0 aliphatic carbocycles. The molecule has 7 heteroatoms. The van der Waals surface area contributed by atoms with Gasteiger partial charge in [0.25, 0.3) is 5.91 Å². The van der Waals surface area contributed by atoms with E-state index in [4.69, 9.17) is 4.42 Å². The van der Waals surface area contributed by atoms with Crippen LogP contribution in [0.2, 0.25) is 0 Å². The minimum atomic E-state index is -0.703. The number of amides is 1. The highest BCUT2D eigenvalue weighted by Gasteiger charge is 2.19. The maximum atomic E-state index is 12.1. The summed E-state index contributed by atoms with van der Waals surface area (Å²) in [5.41, 5.74) is 0.353. The minimum absolute atomic E-state index is 0.00116. The van der Waals surface area contributed by atoms with Crippen molar-refractivity contribution in [2.45, 2.75) is 0 Å². The summed E-state index contributed by atoms with van der Waals surface area (Å²) in [6.45, 7) is 0. The molecule has 110 valence electrons. The summed E-state index contributed by atoms with van der Waals surface area (Å²) in [5, 5.41) is 23.3. The molecule has 3 rings (SSSR count). The van der Waals surface area contributed by atoms with Gasteiger partial charge in [0, 0.05) is 23.2 Å². The van der Waals surface area contributed by atoms with Crippen molar-refractivity contribution in [3.63, 3.8) is 0 Å². The molecule has 0 aliphatic rings. The number of fused-ring (bicyclic) bond motifs is 1. The van der Waals surface area contributed by atoms with Crippen LogP contribution in [-0.2, 0) is 0 Å². The van der Waals surface area contributed by atoms with E-state index in [1.54, 1.807) is 24.3 Å². The zero-order chi connectivity index (χ0) is 15.7. The molecular weight excluding hydrogens is 288 g/mol. The van der Waals surface area contributed by atoms with Crippen molar-refractivity contribution in [3.05, 3.63) is 64.4 Å². The number of phenols is 1. The van der Waals surface area contributed by atoms with Crippen LogP contribution in [0.3, 0.4) is 0 Å². The van der Waals surface area contributed by atoms with Crippen LogP contribution in [0.5, 0.6) is 5.75 Å². The van der Waals surface area contributed by atoms with Crippen LogP contribution in [0.4, 0.5) is 11.4 Å². The van der Waals surface area contributed by atoms with Crippen LogP contribution >= 0.6 is 0 Å². The number of phenolic OH excluding ortho intramolecular Hbond substituents is 1. The van der Waals surface area contributed by atoms with Gasteiger partial charge in [-0.1, -0.05) is 18.2 Å². The molecular formula is C15H10N2O5. The molecule has 0 radical (unpaired) electrons.